The van der Waals surface area contributed by atoms with E-state index in [1.165, 1.54) is 11.8 Å². The first-order valence-electron chi connectivity index (χ1n) is 9.32. The van der Waals surface area contributed by atoms with E-state index in [1.54, 1.807) is 7.11 Å². The fraction of sp³-hybridized carbons (Fsp3) is 0.526. The highest BCUT2D eigenvalue weighted by Crippen LogP contribution is 2.29. The summed E-state index contributed by atoms with van der Waals surface area (Å²) in [7, 11) is 1.61. The first kappa shape index (κ1) is 21.1. The molecule has 1 aromatic heterocycles. The van der Waals surface area contributed by atoms with Gasteiger partial charge in [0.05, 0.1) is 24.5 Å². The summed E-state index contributed by atoms with van der Waals surface area (Å²) in [6.07, 6.45) is 2.20. The molecule has 9 heteroatoms. The van der Waals surface area contributed by atoms with Gasteiger partial charge in [-0.1, -0.05) is 23.4 Å². The molecule has 1 aliphatic heterocycles. The molecule has 1 aromatic carbocycles. The number of thioether (sulfide) groups is 1. The summed E-state index contributed by atoms with van der Waals surface area (Å²) in [5, 5.41) is 12.7. The number of amides is 1. The summed E-state index contributed by atoms with van der Waals surface area (Å²) in [5.74, 6) is 0.698. The van der Waals surface area contributed by atoms with Crippen LogP contribution in [0.4, 0.5) is 0 Å². The van der Waals surface area contributed by atoms with E-state index in [0.29, 0.717) is 29.9 Å². The first-order chi connectivity index (χ1) is 13.6. The quantitative estimate of drug-likeness (QED) is 0.492. The van der Waals surface area contributed by atoms with Crippen LogP contribution >= 0.6 is 23.4 Å². The van der Waals surface area contributed by atoms with Crippen LogP contribution in [0, 0.1) is 0 Å². The van der Waals surface area contributed by atoms with Gasteiger partial charge >= 0.3 is 0 Å². The van der Waals surface area contributed by atoms with Gasteiger partial charge in [-0.05, 0) is 44.0 Å². The van der Waals surface area contributed by atoms with E-state index in [2.05, 4.69) is 15.5 Å². The average molecular weight is 425 g/mol. The number of ether oxygens (including phenoxy) is 2. The summed E-state index contributed by atoms with van der Waals surface area (Å²) >= 11 is 7.41. The number of nitrogens with zero attached hydrogens (tertiary/aromatic N) is 3. The molecular weight excluding hydrogens is 400 g/mol. The van der Waals surface area contributed by atoms with Gasteiger partial charge in [0.15, 0.2) is 11.0 Å². The minimum absolute atomic E-state index is 0.0539. The molecule has 1 amide bonds. The summed E-state index contributed by atoms with van der Waals surface area (Å²) < 4.78 is 12.8. The molecule has 7 nitrogen and oxygen atoms in total. The van der Waals surface area contributed by atoms with Crippen molar-refractivity contribution in [3.63, 3.8) is 0 Å². The molecule has 1 fully saturated rings. The molecule has 1 N–H and O–H groups in total. The van der Waals surface area contributed by atoms with E-state index in [9.17, 15) is 4.79 Å². The predicted octanol–water partition coefficient (Wildman–Crippen LogP) is 3.02. The van der Waals surface area contributed by atoms with Crippen LogP contribution in [0.2, 0.25) is 5.02 Å². The largest absolute Gasteiger partial charge is 0.383 e. The van der Waals surface area contributed by atoms with Crippen LogP contribution in [0.5, 0.6) is 0 Å². The first-order valence-corrected chi connectivity index (χ1v) is 10.6. The summed E-state index contributed by atoms with van der Waals surface area (Å²) in [5.41, 5.74) is 0.930. The lowest BCUT2D eigenvalue weighted by molar-refractivity contribution is -0.120. The second-order valence-electron chi connectivity index (χ2n) is 6.60. The van der Waals surface area contributed by atoms with E-state index in [1.807, 2.05) is 35.8 Å². The number of nitrogens with one attached hydrogen (secondary N) is 1. The Kier molecular flexibility index (Phi) is 7.73. The SMILES string of the molecule is COCCNC(=O)[C@H](C)Sc1nnc(-c2ccc(Cl)cc2)n1C[C@H]1CCCO1. The Morgan fingerprint density at radius 3 is 2.89 bits per heavy atom. The Labute approximate surface area is 174 Å². The third-order valence-electron chi connectivity index (χ3n) is 4.49. The molecule has 2 atom stereocenters. The van der Waals surface area contributed by atoms with Crippen molar-refractivity contribution in [2.75, 3.05) is 26.9 Å². The van der Waals surface area contributed by atoms with Gasteiger partial charge < -0.3 is 14.8 Å². The van der Waals surface area contributed by atoms with E-state index in [-0.39, 0.29) is 17.3 Å². The van der Waals surface area contributed by atoms with Crippen LogP contribution in [0.25, 0.3) is 11.4 Å². The fourth-order valence-corrected chi connectivity index (χ4v) is 3.99. The molecule has 0 spiro atoms. The van der Waals surface area contributed by atoms with E-state index >= 15 is 0 Å². The number of carbonyl (C=O) groups excluding carboxylic acids is 1. The van der Waals surface area contributed by atoms with Crippen LogP contribution in [0.1, 0.15) is 19.8 Å². The van der Waals surface area contributed by atoms with Crippen molar-refractivity contribution in [1.82, 2.24) is 20.1 Å². The van der Waals surface area contributed by atoms with Crippen molar-refractivity contribution in [1.29, 1.82) is 0 Å². The second kappa shape index (κ2) is 10.2. The smallest absolute Gasteiger partial charge is 0.233 e. The van der Waals surface area contributed by atoms with Gasteiger partial charge in [-0.3, -0.25) is 9.36 Å². The second-order valence-corrected chi connectivity index (χ2v) is 8.35. The highest BCUT2D eigenvalue weighted by molar-refractivity contribution is 8.00. The molecule has 1 saturated heterocycles. The maximum Gasteiger partial charge on any atom is 0.233 e. The minimum Gasteiger partial charge on any atom is -0.383 e. The lowest BCUT2D eigenvalue weighted by atomic mass is 10.2. The van der Waals surface area contributed by atoms with Crippen LogP contribution in [-0.4, -0.2) is 58.9 Å². The van der Waals surface area contributed by atoms with Crippen LogP contribution < -0.4 is 5.32 Å². The standard InChI is InChI=1S/C19H25ClN4O3S/c1-13(18(25)21-9-11-26-2)28-19-23-22-17(14-5-7-15(20)8-6-14)24(19)12-16-4-3-10-27-16/h5-8,13,16H,3-4,9-12H2,1-2H3,(H,21,25)/t13-,16+/m0/s1. The van der Waals surface area contributed by atoms with Crippen molar-refractivity contribution >= 4 is 29.3 Å². The molecule has 152 valence electrons. The van der Waals surface area contributed by atoms with Crippen molar-refractivity contribution in [2.24, 2.45) is 0 Å². The zero-order chi connectivity index (χ0) is 19.9. The Balaban J connectivity index is 1.79. The van der Waals surface area contributed by atoms with Gasteiger partial charge in [-0.2, -0.15) is 0 Å². The number of aromatic nitrogens is 3. The zero-order valence-corrected chi connectivity index (χ0v) is 17.6. The normalized spacial score (nSPS) is 17.6. The predicted molar refractivity (Wildman–Crippen MR) is 110 cm³/mol. The lowest BCUT2D eigenvalue weighted by Gasteiger charge is -2.16. The molecule has 3 rings (SSSR count). The molecule has 0 unspecified atom stereocenters. The maximum atomic E-state index is 12.3. The number of hydrogen-bond donors (Lipinski definition) is 1. The topological polar surface area (TPSA) is 78.3 Å². The molecule has 0 saturated carbocycles. The number of methoxy groups -OCH3 is 1. The highest BCUT2D eigenvalue weighted by Gasteiger charge is 2.24. The molecule has 28 heavy (non-hydrogen) atoms. The Morgan fingerprint density at radius 2 is 2.21 bits per heavy atom. The molecule has 0 radical (unpaired) electrons. The number of rotatable bonds is 9. The molecule has 1 aliphatic rings. The van der Waals surface area contributed by atoms with Gasteiger partial charge in [-0.15, -0.1) is 10.2 Å². The molecular formula is C19H25ClN4O3S. The zero-order valence-electron chi connectivity index (χ0n) is 16.1. The molecule has 0 bridgehead atoms. The minimum atomic E-state index is -0.303. The number of benzene rings is 1. The fourth-order valence-electron chi connectivity index (χ4n) is 2.98. The van der Waals surface area contributed by atoms with E-state index in [0.717, 1.165) is 30.8 Å². The van der Waals surface area contributed by atoms with Crippen LogP contribution in [-0.2, 0) is 20.8 Å². The van der Waals surface area contributed by atoms with Gasteiger partial charge in [0.2, 0.25) is 5.91 Å². The maximum absolute atomic E-state index is 12.3. The Hall–Kier alpha value is -1.61. The highest BCUT2D eigenvalue weighted by atomic mass is 35.5. The van der Waals surface area contributed by atoms with Gasteiger partial charge in [-0.25, -0.2) is 0 Å². The van der Waals surface area contributed by atoms with Crippen molar-refractivity contribution < 1.29 is 14.3 Å². The van der Waals surface area contributed by atoms with Crippen molar-refractivity contribution in [3.8, 4) is 11.4 Å². The van der Waals surface area contributed by atoms with Crippen LogP contribution in [0.15, 0.2) is 29.4 Å². The van der Waals surface area contributed by atoms with E-state index in [4.69, 9.17) is 21.1 Å². The van der Waals surface area contributed by atoms with Gasteiger partial charge in [0.1, 0.15) is 0 Å². The summed E-state index contributed by atoms with van der Waals surface area (Å²) in [4.78, 5) is 12.3. The lowest BCUT2D eigenvalue weighted by Crippen LogP contribution is -2.33. The van der Waals surface area contributed by atoms with Crippen molar-refractivity contribution in [3.05, 3.63) is 29.3 Å². The van der Waals surface area contributed by atoms with Gasteiger partial charge in [0, 0.05) is 30.8 Å². The molecule has 2 heterocycles. The average Bonchev–Trinajstić information content (AvgIpc) is 3.34. The number of carbonyl (C=O) groups is 1. The third-order valence-corrected chi connectivity index (χ3v) is 5.82. The molecule has 0 aliphatic carbocycles. The number of hydrogen-bond acceptors (Lipinski definition) is 6. The number of halogens is 1. The Bertz CT molecular complexity index is 778. The summed E-state index contributed by atoms with van der Waals surface area (Å²) in [6, 6.07) is 7.52. The van der Waals surface area contributed by atoms with Crippen LogP contribution in [0.3, 0.4) is 0 Å². The third kappa shape index (κ3) is 5.47. The van der Waals surface area contributed by atoms with E-state index < -0.39 is 0 Å². The summed E-state index contributed by atoms with van der Waals surface area (Å²) in [6.45, 7) is 4.27. The monoisotopic (exact) mass is 424 g/mol. The Morgan fingerprint density at radius 1 is 1.43 bits per heavy atom. The van der Waals surface area contributed by atoms with Gasteiger partial charge in [0.25, 0.3) is 0 Å². The van der Waals surface area contributed by atoms with Crippen molar-refractivity contribution in [2.45, 2.75) is 42.8 Å². The molecule has 2 aromatic rings.